The fourth-order valence-corrected chi connectivity index (χ4v) is 3.87. The molecule has 8 heteroatoms. The number of anilines is 1. The van der Waals surface area contributed by atoms with Crippen LogP contribution in [0.25, 0.3) is 5.69 Å². The molecule has 7 nitrogen and oxygen atoms in total. The summed E-state index contributed by atoms with van der Waals surface area (Å²) in [6, 6.07) is 10.0. The minimum absolute atomic E-state index is 0.0757. The van der Waals surface area contributed by atoms with Crippen molar-refractivity contribution in [1.82, 2.24) is 24.5 Å². The van der Waals surface area contributed by atoms with Crippen LogP contribution in [-0.4, -0.2) is 35.7 Å². The monoisotopic (exact) mass is 396 g/mol. The lowest BCUT2D eigenvalue weighted by Crippen LogP contribution is -2.23. The highest BCUT2D eigenvalue weighted by Crippen LogP contribution is 2.40. The number of para-hydroxylation sites is 1. The van der Waals surface area contributed by atoms with Gasteiger partial charge in [-0.15, -0.1) is 5.10 Å². The van der Waals surface area contributed by atoms with Crippen LogP contribution in [-0.2, 0) is 11.8 Å². The van der Waals surface area contributed by atoms with Crippen molar-refractivity contribution in [2.75, 3.05) is 5.32 Å². The van der Waals surface area contributed by atoms with Crippen LogP contribution < -0.4 is 5.32 Å². The Morgan fingerprint density at radius 1 is 1.21 bits per heavy atom. The molecular weight excluding hydrogens is 372 g/mol. The van der Waals surface area contributed by atoms with Crippen LogP contribution in [0, 0.1) is 13.8 Å². The smallest absolute Gasteiger partial charge is 0.237 e. The van der Waals surface area contributed by atoms with Gasteiger partial charge >= 0.3 is 0 Å². The first kappa shape index (κ1) is 18.7. The minimum Gasteiger partial charge on any atom is -0.322 e. The molecule has 1 unspecified atom stereocenters. The number of hydrogen-bond donors (Lipinski definition) is 1. The van der Waals surface area contributed by atoms with Crippen molar-refractivity contribution in [3.05, 3.63) is 47.5 Å². The number of carbonyl (C=O) groups excluding carboxylic acids is 1. The molecule has 1 amide bonds. The Balaban J connectivity index is 1.51. The third-order valence-corrected chi connectivity index (χ3v) is 5.92. The lowest BCUT2D eigenvalue weighted by atomic mass is 10.3. The molecule has 2 aromatic heterocycles. The highest BCUT2D eigenvalue weighted by molar-refractivity contribution is 8.00. The van der Waals surface area contributed by atoms with E-state index in [-0.39, 0.29) is 11.2 Å². The van der Waals surface area contributed by atoms with E-state index in [2.05, 4.69) is 15.5 Å². The zero-order valence-electron chi connectivity index (χ0n) is 16.5. The highest BCUT2D eigenvalue weighted by atomic mass is 32.2. The predicted octanol–water partition coefficient (Wildman–Crippen LogP) is 3.61. The number of aryl methyl sites for hydroxylation is 2. The molecule has 0 aliphatic heterocycles. The predicted molar refractivity (Wildman–Crippen MR) is 110 cm³/mol. The Kier molecular flexibility index (Phi) is 4.97. The molecule has 0 radical (unpaired) electrons. The maximum absolute atomic E-state index is 12.7. The molecule has 1 aliphatic carbocycles. The average Bonchev–Trinajstić information content (AvgIpc) is 3.40. The summed E-state index contributed by atoms with van der Waals surface area (Å²) >= 11 is 1.38. The molecule has 146 valence electrons. The summed E-state index contributed by atoms with van der Waals surface area (Å²) in [4.78, 5) is 17.4. The fourth-order valence-electron chi connectivity index (χ4n) is 3.11. The van der Waals surface area contributed by atoms with Gasteiger partial charge in [0.15, 0.2) is 0 Å². The number of amides is 1. The largest absolute Gasteiger partial charge is 0.322 e. The molecule has 0 bridgehead atoms. The van der Waals surface area contributed by atoms with Crippen LogP contribution in [0.5, 0.6) is 0 Å². The molecule has 1 saturated carbocycles. The van der Waals surface area contributed by atoms with E-state index in [1.165, 1.54) is 11.8 Å². The van der Waals surface area contributed by atoms with Gasteiger partial charge in [0.05, 0.1) is 28.0 Å². The van der Waals surface area contributed by atoms with Crippen LogP contribution >= 0.6 is 11.8 Å². The first-order valence-corrected chi connectivity index (χ1v) is 10.3. The Hall–Kier alpha value is -2.61. The first-order chi connectivity index (χ1) is 13.4. The van der Waals surface area contributed by atoms with E-state index >= 15 is 0 Å². The third kappa shape index (κ3) is 3.69. The molecule has 1 aromatic carbocycles. The summed E-state index contributed by atoms with van der Waals surface area (Å²) in [5, 5.41) is 12.3. The maximum Gasteiger partial charge on any atom is 0.237 e. The molecule has 1 fully saturated rings. The van der Waals surface area contributed by atoms with Gasteiger partial charge in [-0.3, -0.25) is 9.48 Å². The minimum atomic E-state index is -0.322. The van der Waals surface area contributed by atoms with E-state index in [4.69, 9.17) is 4.98 Å². The van der Waals surface area contributed by atoms with Crippen molar-refractivity contribution in [3.63, 3.8) is 0 Å². The molecule has 1 N–H and O–H groups in total. The van der Waals surface area contributed by atoms with Gasteiger partial charge in [-0.1, -0.05) is 30.0 Å². The molecule has 1 atom stereocenters. The van der Waals surface area contributed by atoms with Crippen molar-refractivity contribution in [1.29, 1.82) is 0 Å². The summed E-state index contributed by atoms with van der Waals surface area (Å²) in [5.41, 5.74) is 3.53. The number of nitrogens with one attached hydrogen (secondary N) is 1. The highest BCUT2D eigenvalue weighted by Gasteiger charge is 2.31. The summed E-state index contributed by atoms with van der Waals surface area (Å²) in [7, 11) is 1.87. The molecule has 28 heavy (non-hydrogen) atoms. The van der Waals surface area contributed by atoms with Crippen LogP contribution in [0.3, 0.4) is 0 Å². The van der Waals surface area contributed by atoms with E-state index < -0.39 is 0 Å². The maximum atomic E-state index is 12.7. The standard InChI is InChI=1S/C20H24N6OS/c1-12-17(13(2)25(4)23-12)21-19(27)14(3)28-20-22-18(15-10-11-15)26(24-20)16-8-6-5-7-9-16/h5-9,14-15H,10-11H2,1-4H3,(H,21,27). The molecule has 3 aromatic rings. The zero-order chi connectivity index (χ0) is 19.8. The number of nitrogens with zero attached hydrogens (tertiary/aromatic N) is 5. The van der Waals surface area contributed by atoms with Crippen LogP contribution in [0.4, 0.5) is 5.69 Å². The summed E-state index contributed by atoms with van der Waals surface area (Å²) in [5.74, 6) is 1.38. The van der Waals surface area contributed by atoms with Crippen LogP contribution in [0.2, 0.25) is 0 Å². The SMILES string of the molecule is Cc1nn(C)c(C)c1NC(=O)C(C)Sc1nc(C2CC2)n(-c2ccccc2)n1. The van der Waals surface area contributed by atoms with Gasteiger partial charge in [0.1, 0.15) is 5.82 Å². The zero-order valence-corrected chi connectivity index (χ0v) is 17.3. The fraction of sp³-hybridized carbons (Fsp3) is 0.400. The molecule has 2 heterocycles. The molecule has 4 rings (SSSR count). The summed E-state index contributed by atoms with van der Waals surface area (Å²) in [6.45, 7) is 5.71. The molecular formula is C20H24N6OS. The van der Waals surface area contributed by atoms with E-state index in [1.54, 1.807) is 4.68 Å². The van der Waals surface area contributed by atoms with Crippen molar-refractivity contribution >= 4 is 23.4 Å². The first-order valence-electron chi connectivity index (χ1n) is 9.44. The van der Waals surface area contributed by atoms with Gasteiger partial charge in [-0.2, -0.15) is 5.10 Å². The number of carbonyl (C=O) groups is 1. The molecule has 1 aliphatic rings. The molecule has 0 spiro atoms. The number of benzene rings is 1. The number of thioether (sulfide) groups is 1. The van der Waals surface area contributed by atoms with Gasteiger partial charge in [0, 0.05) is 13.0 Å². The van der Waals surface area contributed by atoms with E-state index in [0.717, 1.165) is 41.4 Å². The second-order valence-electron chi connectivity index (χ2n) is 7.19. The van der Waals surface area contributed by atoms with Crippen LogP contribution in [0.15, 0.2) is 35.5 Å². The Morgan fingerprint density at radius 3 is 2.54 bits per heavy atom. The van der Waals surface area contributed by atoms with Gasteiger partial charge in [0.25, 0.3) is 0 Å². The van der Waals surface area contributed by atoms with E-state index in [9.17, 15) is 4.79 Å². The quantitative estimate of drug-likeness (QED) is 0.644. The average molecular weight is 397 g/mol. The van der Waals surface area contributed by atoms with Gasteiger partial charge in [-0.05, 0) is 45.7 Å². The van der Waals surface area contributed by atoms with Crippen molar-refractivity contribution in [2.45, 2.75) is 49.9 Å². The van der Waals surface area contributed by atoms with Gasteiger partial charge < -0.3 is 5.32 Å². The third-order valence-electron chi connectivity index (χ3n) is 4.96. The summed E-state index contributed by atoms with van der Waals surface area (Å²) in [6.07, 6.45) is 2.29. The van der Waals surface area contributed by atoms with Crippen molar-refractivity contribution < 1.29 is 4.79 Å². The Morgan fingerprint density at radius 2 is 1.93 bits per heavy atom. The number of hydrogen-bond acceptors (Lipinski definition) is 5. The van der Waals surface area contributed by atoms with E-state index in [1.807, 2.05) is 62.8 Å². The van der Waals surface area contributed by atoms with Crippen molar-refractivity contribution in [2.24, 2.45) is 7.05 Å². The second kappa shape index (κ2) is 7.43. The van der Waals surface area contributed by atoms with Crippen molar-refractivity contribution in [3.8, 4) is 5.69 Å². The Bertz CT molecular complexity index is 1010. The topological polar surface area (TPSA) is 77.6 Å². The Labute approximate surface area is 168 Å². The van der Waals surface area contributed by atoms with E-state index in [0.29, 0.717) is 11.1 Å². The van der Waals surface area contributed by atoms with Crippen LogP contribution in [0.1, 0.15) is 42.9 Å². The second-order valence-corrected chi connectivity index (χ2v) is 8.50. The normalized spacial score (nSPS) is 14.9. The lowest BCUT2D eigenvalue weighted by Gasteiger charge is -2.10. The van der Waals surface area contributed by atoms with Gasteiger partial charge in [-0.25, -0.2) is 9.67 Å². The van der Waals surface area contributed by atoms with Gasteiger partial charge in [0.2, 0.25) is 11.1 Å². The number of rotatable bonds is 6. The molecule has 0 saturated heterocycles. The summed E-state index contributed by atoms with van der Waals surface area (Å²) < 4.78 is 3.69. The lowest BCUT2D eigenvalue weighted by molar-refractivity contribution is -0.115. The number of aromatic nitrogens is 5.